The SMILES string of the molecule is CCC1OCCC1CNCCCC(N)c1ccccc1. The van der Waals surface area contributed by atoms with Crippen LogP contribution in [0.15, 0.2) is 30.3 Å². The first-order chi connectivity index (χ1) is 9.81. The van der Waals surface area contributed by atoms with Gasteiger partial charge >= 0.3 is 0 Å². The molecule has 1 heterocycles. The molecule has 112 valence electrons. The second kappa shape index (κ2) is 8.40. The molecule has 1 aromatic rings. The maximum atomic E-state index is 6.20. The lowest BCUT2D eigenvalue weighted by Crippen LogP contribution is -2.29. The Hall–Kier alpha value is -0.900. The van der Waals surface area contributed by atoms with Gasteiger partial charge in [-0.2, -0.15) is 0 Å². The van der Waals surface area contributed by atoms with E-state index in [2.05, 4.69) is 36.5 Å². The van der Waals surface area contributed by atoms with Crippen LogP contribution in [0.1, 0.15) is 44.2 Å². The number of hydrogen-bond donors (Lipinski definition) is 2. The van der Waals surface area contributed by atoms with E-state index in [1.807, 2.05) is 6.07 Å². The summed E-state index contributed by atoms with van der Waals surface area (Å²) in [5, 5.41) is 3.56. The van der Waals surface area contributed by atoms with Crippen molar-refractivity contribution >= 4 is 0 Å². The monoisotopic (exact) mass is 276 g/mol. The van der Waals surface area contributed by atoms with Crippen LogP contribution in [-0.2, 0) is 4.74 Å². The number of rotatable bonds is 8. The Morgan fingerprint density at radius 1 is 1.35 bits per heavy atom. The maximum absolute atomic E-state index is 6.20. The zero-order valence-corrected chi connectivity index (χ0v) is 12.6. The summed E-state index contributed by atoms with van der Waals surface area (Å²) in [6.45, 7) is 5.28. The molecule has 1 aliphatic heterocycles. The second-order valence-corrected chi connectivity index (χ2v) is 5.73. The van der Waals surface area contributed by atoms with Crippen LogP contribution in [0.4, 0.5) is 0 Å². The third-order valence-corrected chi connectivity index (χ3v) is 4.25. The summed E-state index contributed by atoms with van der Waals surface area (Å²) < 4.78 is 5.71. The predicted molar refractivity (Wildman–Crippen MR) is 83.6 cm³/mol. The van der Waals surface area contributed by atoms with Crippen molar-refractivity contribution in [3.63, 3.8) is 0 Å². The van der Waals surface area contributed by atoms with Crippen molar-refractivity contribution in [2.24, 2.45) is 11.7 Å². The molecular weight excluding hydrogens is 248 g/mol. The first-order valence-electron chi connectivity index (χ1n) is 7.94. The highest BCUT2D eigenvalue weighted by Gasteiger charge is 2.25. The molecule has 3 N–H and O–H groups in total. The number of nitrogens with two attached hydrogens (primary N) is 1. The molecule has 1 aromatic carbocycles. The van der Waals surface area contributed by atoms with Crippen LogP contribution < -0.4 is 11.1 Å². The minimum absolute atomic E-state index is 0.163. The minimum Gasteiger partial charge on any atom is -0.378 e. The van der Waals surface area contributed by atoms with Crippen LogP contribution in [0.2, 0.25) is 0 Å². The summed E-state index contributed by atoms with van der Waals surface area (Å²) in [5.74, 6) is 0.697. The molecule has 3 heteroatoms. The van der Waals surface area contributed by atoms with Crippen LogP contribution in [0.25, 0.3) is 0 Å². The van der Waals surface area contributed by atoms with Gasteiger partial charge < -0.3 is 15.8 Å². The zero-order chi connectivity index (χ0) is 14.2. The Bertz CT molecular complexity index is 369. The summed E-state index contributed by atoms with van der Waals surface area (Å²) >= 11 is 0. The van der Waals surface area contributed by atoms with Crippen LogP contribution >= 0.6 is 0 Å². The first-order valence-corrected chi connectivity index (χ1v) is 7.94. The van der Waals surface area contributed by atoms with Gasteiger partial charge in [-0.05, 0) is 43.7 Å². The van der Waals surface area contributed by atoms with Gasteiger partial charge in [0.15, 0.2) is 0 Å². The summed E-state index contributed by atoms with van der Waals surface area (Å²) in [7, 11) is 0. The standard InChI is InChI=1S/C17H28N2O/c1-2-17-15(10-12-20-17)13-19-11-6-9-16(18)14-7-4-3-5-8-14/h3-5,7-8,15-17,19H,2,6,9-13,18H2,1H3. The molecule has 1 fully saturated rings. The highest BCUT2D eigenvalue weighted by atomic mass is 16.5. The van der Waals surface area contributed by atoms with Crippen LogP contribution in [0, 0.1) is 5.92 Å². The van der Waals surface area contributed by atoms with E-state index in [0.717, 1.165) is 39.0 Å². The predicted octanol–water partition coefficient (Wildman–Crippen LogP) is 2.87. The van der Waals surface area contributed by atoms with E-state index in [0.29, 0.717) is 12.0 Å². The molecule has 0 amide bonds. The Morgan fingerprint density at radius 2 is 2.15 bits per heavy atom. The molecule has 0 spiro atoms. The molecular formula is C17H28N2O. The quantitative estimate of drug-likeness (QED) is 0.718. The molecule has 1 aliphatic rings. The molecule has 0 radical (unpaired) electrons. The van der Waals surface area contributed by atoms with Gasteiger partial charge in [0.05, 0.1) is 6.10 Å². The van der Waals surface area contributed by atoms with Crippen molar-refractivity contribution in [1.29, 1.82) is 0 Å². The Kier molecular flexibility index (Phi) is 6.51. The molecule has 0 saturated carbocycles. The molecule has 3 unspecified atom stereocenters. The Morgan fingerprint density at radius 3 is 2.90 bits per heavy atom. The number of nitrogens with one attached hydrogen (secondary N) is 1. The van der Waals surface area contributed by atoms with Gasteiger partial charge in [-0.15, -0.1) is 0 Å². The average Bonchev–Trinajstić information content (AvgIpc) is 2.95. The molecule has 2 rings (SSSR count). The lowest BCUT2D eigenvalue weighted by atomic mass is 9.99. The van der Waals surface area contributed by atoms with Crippen molar-refractivity contribution < 1.29 is 4.74 Å². The molecule has 0 bridgehead atoms. The first kappa shape index (κ1) is 15.5. The third-order valence-electron chi connectivity index (χ3n) is 4.25. The van der Waals surface area contributed by atoms with Crippen molar-refractivity contribution in [3.8, 4) is 0 Å². The lowest BCUT2D eigenvalue weighted by molar-refractivity contribution is 0.0873. The molecule has 3 nitrogen and oxygen atoms in total. The largest absolute Gasteiger partial charge is 0.378 e. The van der Waals surface area contributed by atoms with E-state index in [1.54, 1.807) is 0 Å². The Labute approximate surface area is 122 Å². The summed E-state index contributed by atoms with van der Waals surface area (Å²) in [5.41, 5.74) is 7.43. The normalized spacial score (nSPS) is 23.9. The van der Waals surface area contributed by atoms with Crippen LogP contribution in [0.5, 0.6) is 0 Å². The lowest BCUT2D eigenvalue weighted by Gasteiger charge is -2.17. The van der Waals surface area contributed by atoms with Crippen molar-refractivity contribution in [2.75, 3.05) is 19.7 Å². The van der Waals surface area contributed by atoms with E-state index >= 15 is 0 Å². The molecule has 3 atom stereocenters. The molecule has 1 saturated heterocycles. The highest BCUT2D eigenvalue weighted by Crippen LogP contribution is 2.22. The third kappa shape index (κ3) is 4.58. The number of hydrogen-bond acceptors (Lipinski definition) is 3. The van der Waals surface area contributed by atoms with Crippen LogP contribution in [0.3, 0.4) is 0 Å². The van der Waals surface area contributed by atoms with E-state index in [1.165, 1.54) is 12.0 Å². The fourth-order valence-corrected chi connectivity index (χ4v) is 2.98. The fourth-order valence-electron chi connectivity index (χ4n) is 2.98. The summed E-state index contributed by atoms with van der Waals surface area (Å²) in [4.78, 5) is 0. The minimum atomic E-state index is 0.163. The van der Waals surface area contributed by atoms with E-state index in [9.17, 15) is 0 Å². The molecule has 20 heavy (non-hydrogen) atoms. The van der Waals surface area contributed by atoms with Crippen molar-refractivity contribution in [1.82, 2.24) is 5.32 Å². The van der Waals surface area contributed by atoms with Gasteiger partial charge in [-0.25, -0.2) is 0 Å². The van der Waals surface area contributed by atoms with Gasteiger partial charge in [-0.3, -0.25) is 0 Å². The number of ether oxygens (including phenoxy) is 1. The number of benzene rings is 1. The topological polar surface area (TPSA) is 47.3 Å². The Balaban J connectivity index is 1.58. The van der Waals surface area contributed by atoms with Gasteiger partial charge in [0.2, 0.25) is 0 Å². The second-order valence-electron chi connectivity index (χ2n) is 5.73. The van der Waals surface area contributed by atoms with Gasteiger partial charge in [0.25, 0.3) is 0 Å². The summed E-state index contributed by atoms with van der Waals surface area (Å²) in [6, 6.07) is 10.5. The van der Waals surface area contributed by atoms with Crippen molar-refractivity contribution in [2.45, 2.75) is 44.8 Å². The summed E-state index contributed by atoms with van der Waals surface area (Å²) in [6.07, 6.45) is 4.96. The van der Waals surface area contributed by atoms with Gasteiger partial charge in [0, 0.05) is 19.2 Å². The van der Waals surface area contributed by atoms with Gasteiger partial charge in [0.1, 0.15) is 0 Å². The maximum Gasteiger partial charge on any atom is 0.0613 e. The fraction of sp³-hybridized carbons (Fsp3) is 0.647. The molecule has 0 aliphatic carbocycles. The van der Waals surface area contributed by atoms with E-state index in [4.69, 9.17) is 10.5 Å². The van der Waals surface area contributed by atoms with Gasteiger partial charge in [-0.1, -0.05) is 37.3 Å². The zero-order valence-electron chi connectivity index (χ0n) is 12.6. The van der Waals surface area contributed by atoms with E-state index in [-0.39, 0.29) is 6.04 Å². The smallest absolute Gasteiger partial charge is 0.0613 e. The molecule has 0 aromatic heterocycles. The van der Waals surface area contributed by atoms with Crippen LogP contribution in [-0.4, -0.2) is 25.8 Å². The average molecular weight is 276 g/mol. The highest BCUT2D eigenvalue weighted by molar-refractivity contribution is 5.18. The van der Waals surface area contributed by atoms with Crippen molar-refractivity contribution in [3.05, 3.63) is 35.9 Å². The van der Waals surface area contributed by atoms with E-state index < -0.39 is 0 Å².